The second-order valence-electron chi connectivity index (χ2n) is 5.69. The molecule has 3 nitrogen and oxygen atoms in total. The number of aromatic nitrogens is 1. The van der Waals surface area contributed by atoms with Crippen LogP contribution in [0.3, 0.4) is 0 Å². The van der Waals surface area contributed by atoms with Crippen LogP contribution >= 0.6 is 11.3 Å². The van der Waals surface area contributed by atoms with Gasteiger partial charge in [0.2, 0.25) is 5.91 Å². The lowest BCUT2D eigenvalue weighted by Crippen LogP contribution is -2.27. The molecule has 3 rings (SSSR count). The average molecular weight is 324 g/mol. The van der Waals surface area contributed by atoms with Crippen molar-refractivity contribution < 1.29 is 4.79 Å². The smallest absolute Gasteiger partial charge is 0.220 e. The lowest BCUT2D eigenvalue weighted by Gasteiger charge is -2.12. The summed E-state index contributed by atoms with van der Waals surface area (Å²) >= 11 is 1.67. The lowest BCUT2D eigenvalue weighted by molar-refractivity contribution is -0.121. The third-order valence-corrected chi connectivity index (χ3v) is 4.97. The van der Waals surface area contributed by atoms with Gasteiger partial charge in [-0.05, 0) is 23.6 Å². The van der Waals surface area contributed by atoms with Crippen molar-refractivity contribution in [2.24, 2.45) is 0 Å². The molecule has 0 aliphatic carbocycles. The summed E-state index contributed by atoms with van der Waals surface area (Å²) in [5, 5.41) is 4.05. The standard InChI is InChI=1S/C19H20N2OS/c1-14(15-7-3-2-4-8-15)13-20-18(22)11-12-19-21-16-9-5-6-10-17(16)23-19/h2-10,14H,11-13H2,1H3,(H,20,22). The van der Waals surface area contributed by atoms with Gasteiger partial charge in [-0.2, -0.15) is 0 Å². The van der Waals surface area contributed by atoms with Gasteiger partial charge in [0, 0.05) is 19.4 Å². The minimum Gasteiger partial charge on any atom is -0.355 e. The van der Waals surface area contributed by atoms with E-state index < -0.39 is 0 Å². The van der Waals surface area contributed by atoms with E-state index in [0.717, 1.165) is 10.5 Å². The molecule has 0 saturated carbocycles. The number of amides is 1. The van der Waals surface area contributed by atoms with E-state index in [0.29, 0.717) is 25.3 Å². The summed E-state index contributed by atoms with van der Waals surface area (Å²) < 4.78 is 1.18. The maximum atomic E-state index is 12.0. The highest BCUT2D eigenvalue weighted by Gasteiger charge is 2.09. The fourth-order valence-electron chi connectivity index (χ4n) is 2.50. The first-order valence-corrected chi connectivity index (χ1v) is 8.70. The summed E-state index contributed by atoms with van der Waals surface area (Å²) in [4.78, 5) is 16.6. The zero-order valence-corrected chi connectivity index (χ0v) is 14.0. The Labute approximate surface area is 140 Å². The molecule has 4 heteroatoms. The topological polar surface area (TPSA) is 42.0 Å². The van der Waals surface area contributed by atoms with Crippen LogP contribution < -0.4 is 5.32 Å². The zero-order valence-electron chi connectivity index (χ0n) is 13.2. The SMILES string of the molecule is CC(CNC(=O)CCc1nc2ccccc2s1)c1ccccc1. The van der Waals surface area contributed by atoms with Gasteiger partial charge in [0.15, 0.2) is 0 Å². The van der Waals surface area contributed by atoms with Gasteiger partial charge in [0.05, 0.1) is 15.2 Å². The molecule has 1 amide bonds. The van der Waals surface area contributed by atoms with E-state index in [1.807, 2.05) is 36.4 Å². The average Bonchev–Trinajstić information content (AvgIpc) is 3.01. The molecule has 0 saturated heterocycles. The molecule has 2 aromatic carbocycles. The molecule has 0 radical (unpaired) electrons. The lowest BCUT2D eigenvalue weighted by atomic mass is 10.0. The molecule has 118 valence electrons. The maximum Gasteiger partial charge on any atom is 0.220 e. The van der Waals surface area contributed by atoms with E-state index in [2.05, 4.69) is 35.4 Å². The minimum absolute atomic E-state index is 0.0898. The van der Waals surface area contributed by atoms with Gasteiger partial charge >= 0.3 is 0 Å². The summed E-state index contributed by atoms with van der Waals surface area (Å²) in [7, 11) is 0. The Morgan fingerprint density at radius 1 is 1.13 bits per heavy atom. The fraction of sp³-hybridized carbons (Fsp3) is 0.263. The number of benzene rings is 2. The third-order valence-electron chi connectivity index (χ3n) is 3.88. The first-order chi connectivity index (χ1) is 11.2. The first-order valence-electron chi connectivity index (χ1n) is 7.88. The number of para-hydroxylation sites is 1. The van der Waals surface area contributed by atoms with Gasteiger partial charge in [-0.3, -0.25) is 4.79 Å². The van der Waals surface area contributed by atoms with Crippen LogP contribution in [0.5, 0.6) is 0 Å². The zero-order chi connectivity index (χ0) is 16.1. The van der Waals surface area contributed by atoms with Crippen LogP contribution in [0.1, 0.15) is 29.8 Å². The number of carbonyl (C=O) groups is 1. The molecule has 1 heterocycles. The van der Waals surface area contributed by atoms with Crippen molar-refractivity contribution in [3.8, 4) is 0 Å². The molecule has 23 heavy (non-hydrogen) atoms. The molecular weight excluding hydrogens is 304 g/mol. The molecule has 1 atom stereocenters. The van der Waals surface area contributed by atoms with Gasteiger partial charge < -0.3 is 5.32 Å². The molecule has 0 bridgehead atoms. The van der Waals surface area contributed by atoms with Gasteiger partial charge in [-0.15, -0.1) is 11.3 Å². The molecule has 1 unspecified atom stereocenters. The fourth-order valence-corrected chi connectivity index (χ4v) is 3.47. The highest BCUT2D eigenvalue weighted by atomic mass is 32.1. The van der Waals surface area contributed by atoms with Crippen LogP contribution in [0, 0.1) is 0 Å². The summed E-state index contributed by atoms with van der Waals surface area (Å²) in [5.74, 6) is 0.412. The van der Waals surface area contributed by atoms with Crippen molar-refractivity contribution in [1.29, 1.82) is 0 Å². The molecule has 0 spiro atoms. The van der Waals surface area contributed by atoms with Crippen LogP contribution in [0.4, 0.5) is 0 Å². The Balaban J connectivity index is 1.48. The van der Waals surface area contributed by atoms with Crippen molar-refractivity contribution >= 4 is 27.5 Å². The van der Waals surface area contributed by atoms with Crippen molar-refractivity contribution in [3.63, 3.8) is 0 Å². The summed E-state index contributed by atoms with van der Waals surface area (Å²) in [6, 6.07) is 18.3. The number of fused-ring (bicyclic) bond motifs is 1. The number of nitrogens with zero attached hydrogens (tertiary/aromatic N) is 1. The first kappa shape index (κ1) is 15.7. The van der Waals surface area contributed by atoms with Crippen LogP contribution in [0.25, 0.3) is 10.2 Å². The minimum atomic E-state index is 0.0898. The number of thiazole rings is 1. The van der Waals surface area contributed by atoms with Gasteiger partial charge in [-0.1, -0.05) is 49.4 Å². The Morgan fingerprint density at radius 3 is 2.65 bits per heavy atom. The molecule has 1 aromatic heterocycles. The molecule has 0 fully saturated rings. The molecule has 3 aromatic rings. The predicted molar refractivity (Wildman–Crippen MR) is 95.8 cm³/mol. The quantitative estimate of drug-likeness (QED) is 0.740. The number of nitrogens with one attached hydrogen (secondary N) is 1. The number of carbonyl (C=O) groups excluding carboxylic acids is 1. The number of hydrogen-bond acceptors (Lipinski definition) is 3. The maximum absolute atomic E-state index is 12.0. The van der Waals surface area contributed by atoms with Gasteiger partial charge in [0.25, 0.3) is 0 Å². The summed E-state index contributed by atoms with van der Waals surface area (Å²) in [6.45, 7) is 2.80. The highest BCUT2D eigenvalue weighted by molar-refractivity contribution is 7.18. The van der Waals surface area contributed by atoms with Crippen LogP contribution in [-0.2, 0) is 11.2 Å². The van der Waals surface area contributed by atoms with Crippen molar-refractivity contribution in [3.05, 3.63) is 65.2 Å². The third kappa shape index (κ3) is 4.17. The second kappa shape index (κ2) is 7.38. The molecule has 1 N–H and O–H groups in total. The Kier molecular flexibility index (Phi) is 5.03. The van der Waals surface area contributed by atoms with Crippen LogP contribution in [0.15, 0.2) is 54.6 Å². The van der Waals surface area contributed by atoms with E-state index in [1.54, 1.807) is 11.3 Å². The van der Waals surface area contributed by atoms with Crippen LogP contribution in [0.2, 0.25) is 0 Å². The summed E-state index contributed by atoms with van der Waals surface area (Å²) in [6.07, 6.45) is 1.19. The summed E-state index contributed by atoms with van der Waals surface area (Å²) in [5.41, 5.74) is 2.27. The normalized spacial score (nSPS) is 12.2. The number of rotatable bonds is 6. The van der Waals surface area contributed by atoms with E-state index in [-0.39, 0.29) is 5.91 Å². The Bertz CT molecular complexity index is 749. The molecule has 0 aliphatic heterocycles. The highest BCUT2D eigenvalue weighted by Crippen LogP contribution is 2.22. The molecular formula is C19H20N2OS. The van der Waals surface area contributed by atoms with Crippen LogP contribution in [-0.4, -0.2) is 17.4 Å². The van der Waals surface area contributed by atoms with E-state index in [4.69, 9.17) is 0 Å². The van der Waals surface area contributed by atoms with Crippen molar-refractivity contribution in [1.82, 2.24) is 10.3 Å². The largest absolute Gasteiger partial charge is 0.355 e. The van der Waals surface area contributed by atoms with E-state index in [9.17, 15) is 4.79 Å². The van der Waals surface area contributed by atoms with E-state index in [1.165, 1.54) is 10.3 Å². The number of hydrogen-bond donors (Lipinski definition) is 1. The second-order valence-corrected chi connectivity index (χ2v) is 6.81. The Morgan fingerprint density at radius 2 is 1.87 bits per heavy atom. The van der Waals surface area contributed by atoms with E-state index >= 15 is 0 Å². The van der Waals surface area contributed by atoms with Gasteiger partial charge in [-0.25, -0.2) is 4.98 Å². The number of aryl methyl sites for hydroxylation is 1. The van der Waals surface area contributed by atoms with Crippen molar-refractivity contribution in [2.45, 2.75) is 25.7 Å². The monoisotopic (exact) mass is 324 g/mol. The predicted octanol–water partition coefficient (Wildman–Crippen LogP) is 4.15. The van der Waals surface area contributed by atoms with Crippen molar-refractivity contribution in [2.75, 3.05) is 6.54 Å². The Hall–Kier alpha value is -2.20. The van der Waals surface area contributed by atoms with Gasteiger partial charge in [0.1, 0.15) is 0 Å². The molecule has 0 aliphatic rings.